The highest BCUT2D eigenvalue weighted by Crippen LogP contribution is 2.57. The van der Waals surface area contributed by atoms with Gasteiger partial charge < -0.3 is 18.9 Å². The van der Waals surface area contributed by atoms with Crippen LogP contribution in [0.2, 0.25) is 0 Å². The van der Waals surface area contributed by atoms with E-state index >= 15 is 0 Å². The summed E-state index contributed by atoms with van der Waals surface area (Å²) in [5, 5.41) is 28.4. The molecule has 0 atom stereocenters. The van der Waals surface area contributed by atoms with Gasteiger partial charge in [-0.1, -0.05) is 133 Å². The van der Waals surface area contributed by atoms with Crippen molar-refractivity contribution in [3.63, 3.8) is 0 Å². The summed E-state index contributed by atoms with van der Waals surface area (Å²) in [5.74, 6) is 3.71. The van der Waals surface area contributed by atoms with Crippen LogP contribution in [0.5, 0.6) is 46.0 Å². The molecule has 0 spiro atoms. The normalized spacial score (nSPS) is 12.1. The summed E-state index contributed by atoms with van der Waals surface area (Å²) >= 11 is 0. The third kappa shape index (κ3) is 8.11. The van der Waals surface area contributed by atoms with Gasteiger partial charge in [-0.25, -0.2) is 0 Å². The van der Waals surface area contributed by atoms with E-state index in [4.69, 9.17) is 18.9 Å². The molecule has 0 aromatic heterocycles. The number of rotatable bonds is 12. The third-order valence-corrected chi connectivity index (χ3v) is 14.5. The minimum absolute atomic E-state index is 0.263. The molecule has 0 radical (unpaired) electrons. The summed E-state index contributed by atoms with van der Waals surface area (Å²) < 4.78 is 25.5. The van der Waals surface area contributed by atoms with E-state index in [1.807, 2.05) is 84.9 Å². The summed E-state index contributed by atoms with van der Waals surface area (Å²) in [5.41, 5.74) is 7.96. The largest absolute Gasteiger partial charge is 0.456 e. The van der Waals surface area contributed by atoms with Gasteiger partial charge in [0, 0.05) is 11.1 Å². The smallest absolute Gasteiger partial charge is 0.150 e. The van der Waals surface area contributed by atoms with Crippen molar-refractivity contribution < 1.29 is 28.5 Å². The fourth-order valence-electron chi connectivity index (χ4n) is 10.9. The van der Waals surface area contributed by atoms with Crippen molar-refractivity contribution in [2.45, 2.75) is 5.41 Å². The van der Waals surface area contributed by atoms with Crippen LogP contribution in [0.4, 0.5) is 0 Å². The number of nitriles is 2. The summed E-state index contributed by atoms with van der Waals surface area (Å²) in [6.07, 6.45) is 1.65. The highest BCUT2D eigenvalue weighted by atomic mass is 16.5. The highest BCUT2D eigenvalue weighted by Gasteiger charge is 2.46. The lowest BCUT2D eigenvalue weighted by Crippen LogP contribution is -2.28. The van der Waals surface area contributed by atoms with Gasteiger partial charge in [0.1, 0.15) is 81.8 Å². The predicted octanol–water partition coefficient (Wildman–Crippen LogP) is 17.2. The second-order valence-electron chi connectivity index (χ2n) is 19.0. The Morgan fingerprint density at radius 3 is 0.987 bits per heavy atom. The molecule has 0 fully saturated rings. The van der Waals surface area contributed by atoms with Crippen LogP contribution in [0.3, 0.4) is 0 Å². The Labute approximate surface area is 442 Å². The number of hydrogen-bond donors (Lipinski definition) is 0. The summed E-state index contributed by atoms with van der Waals surface area (Å²) in [4.78, 5) is 22.6. The number of carbonyl (C=O) groups excluding carboxylic acids is 2. The number of carbonyl (C=O) groups is 2. The van der Waals surface area contributed by atoms with Crippen LogP contribution in [0.15, 0.2) is 231 Å². The lowest BCUT2D eigenvalue weighted by Gasteiger charge is -2.34. The highest BCUT2D eigenvalue weighted by molar-refractivity contribution is 5.94. The number of hydrogen-bond acceptors (Lipinski definition) is 8. The van der Waals surface area contributed by atoms with Crippen LogP contribution in [-0.2, 0) is 5.41 Å². The molecule has 1 aliphatic carbocycles. The zero-order valence-electron chi connectivity index (χ0n) is 40.9. The molecule has 12 aromatic carbocycles. The van der Waals surface area contributed by atoms with Crippen LogP contribution in [-0.4, -0.2) is 12.6 Å². The van der Waals surface area contributed by atoms with Crippen LogP contribution < -0.4 is 18.9 Å². The van der Waals surface area contributed by atoms with E-state index in [9.17, 15) is 20.1 Å². The van der Waals surface area contributed by atoms with E-state index in [0.717, 1.165) is 66.8 Å². The zero-order valence-corrected chi connectivity index (χ0v) is 40.9. The van der Waals surface area contributed by atoms with E-state index in [1.54, 1.807) is 48.5 Å². The molecule has 0 unspecified atom stereocenters. The van der Waals surface area contributed by atoms with Crippen molar-refractivity contribution >= 4 is 55.7 Å². The second kappa shape index (κ2) is 18.9. The first-order chi connectivity index (χ1) is 37.9. The molecular weight excluding hydrogens is 953 g/mol. The summed E-state index contributed by atoms with van der Waals surface area (Å²) in [6.45, 7) is 0. The molecule has 8 nitrogen and oxygen atoms in total. The maximum atomic E-state index is 11.3. The second-order valence-corrected chi connectivity index (χ2v) is 19.0. The standard InChI is InChI=1S/C69H40N2O6/c70-39-61-65(74-55-27-21-45-31-43(41-72)15-17-49(45)35-55)11-5-13-67(61)76-57-29-23-47-33-53(25-19-51(47)37-57)69(63-9-3-1-7-59(63)60-8-2-4-10-64(60)69)54-26-20-52-38-58(30-24-48(52)34-54)77-68-14-6-12-66(62(68)40-71)75-56-28-22-46-32-44(42-73)16-18-50(46)36-56/h1-38,41-42H. The Morgan fingerprint density at radius 1 is 0.325 bits per heavy atom. The molecule has 0 heterocycles. The van der Waals surface area contributed by atoms with Gasteiger partial charge in [0.15, 0.2) is 0 Å². The first kappa shape index (κ1) is 46.0. The summed E-state index contributed by atoms with van der Waals surface area (Å²) in [6, 6.07) is 79.8. The molecule has 12 aromatic rings. The molecule has 0 N–H and O–H groups in total. The lowest BCUT2D eigenvalue weighted by molar-refractivity contribution is 0.111. The van der Waals surface area contributed by atoms with Crippen LogP contribution in [0.1, 0.15) is 54.1 Å². The first-order valence-electron chi connectivity index (χ1n) is 24.9. The molecule has 77 heavy (non-hydrogen) atoms. The van der Waals surface area contributed by atoms with E-state index < -0.39 is 5.41 Å². The Balaban J connectivity index is 0.816. The lowest BCUT2D eigenvalue weighted by atomic mass is 9.67. The van der Waals surface area contributed by atoms with Crippen molar-refractivity contribution in [2.24, 2.45) is 0 Å². The first-order valence-corrected chi connectivity index (χ1v) is 24.9. The van der Waals surface area contributed by atoms with Gasteiger partial charge in [0.2, 0.25) is 0 Å². The fourth-order valence-corrected chi connectivity index (χ4v) is 10.9. The Bertz CT molecular complexity index is 4220. The molecule has 8 heteroatoms. The molecule has 362 valence electrons. The van der Waals surface area contributed by atoms with Crippen molar-refractivity contribution in [3.05, 3.63) is 275 Å². The molecule has 0 aliphatic heterocycles. The van der Waals surface area contributed by atoms with Crippen molar-refractivity contribution in [2.75, 3.05) is 0 Å². The number of nitrogens with zero attached hydrogens (tertiary/aromatic N) is 2. The SMILES string of the molecule is N#Cc1c(Oc2ccc3cc(C=O)ccc3c2)cccc1Oc1ccc2cc(C3(c4ccc5cc(Oc6cccc(Oc7ccc8cc(C=O)ccc8c7)c6C#N)ccc5c4)c4ccccc4-c4ccccc43)ccc2c1. The van der Waals surface area contributed by atoms with E-state index in [0.29, 0.717) is 57.1 Å². The maximum absolute atomic E-state index is 11.3. The quantitative estimate of drug-likeness (QED) is 0.111. The minimum atomic E-state index is -0.683. The third-order valence-electron chi connectivity index (χ3n) is 14.5. The molecule has 0 saturated carbocycles. The number of fused-ring (bicyclic) bond motifs is 7. The average molecular weight is 993 g/mol. The van der Waals surface area contributed by atoms with E-state index in [2.05, 4.69) is 109 Å². The Morgan fingerprint density at radius 2 is 0.636 bits per heavy atom. The van der Waals surface area contributed by atoms with E-state index in [-0.39, 0.29) is 11.1 Å². The van der Waals surface area contributed by atoms with Gasteiger partial charge in [-0.15, -0.1) is 0 Å². The fraction of sp³-hybridized carbons (Fsp3) is 0.0145. The number of benzene rings is 12. The number of aldehydes is 2. The minimum Gasteiger partial charge on any atom is -0.456 e. The topological polar surface area (TPSA) is 119 Å². The maximum Gasteiger partial charge on any atom is 0.150 e. The molecule has 0 bridgehead atoms. The van der Waals surface area contributed by atoms with Gasteiger partial charge in [-0.3, -0.25) is 9.59 Å². The average Bonchev–Trinajstić information content (AvgIpc) is 3.80. The van der Waals surface area contributed by atoms with Gasteiger partial charge in [0.25, 0.3) is 0 Å². The van der Waals surface area contributed by atoms with Crippen LogP contribution in [0, 0.1) is 22.7 Å². The molecule has 0 saturated heterocycles. The Kier molecular flexibility index (Phi) is 11.3. The van der Waals surface area contributed by atoms with Crippen LogP contribution >= 0.6 is 0 Å². The summed E-state index contributed by atoms with van der Waals surface area (Å²) in [7, 11) is 0. The van der Waals surface area contributed by atoms with Crippen LogP contribution in [0.25, 0.3) is 54.2 Å². The Hall–Kier alpha value is -10.8. The van der Waals surface area contributed by atoms with Crippen molar-refractivity contribution in [1.29, 1.82) is 10.5 Å². The van der Waals surface area contributed by atoms with Gasteiger partial charge >= 0.3 is 0 Å². The van der Waals surface area contributed by atoms with Gasteiger partial charge in [0.05, 0.1) is 5.41 Å². The zero-order chi connectivity index (χ0) is 52.0. The molecular formula is C69H40N2O6. The predicted molar refractivity (Wildman–Crippen MR) is 300 cm³/mol. The van der Waals surface area contributed by atoms with Gasteiger partial charge in [-0.05, 0) is 174 Å². The molecule has 13 rings (SSSR count). The van der Waals surface area contributed by atoms with Gasteiger partial charge in [-0.2, -0.15) is 10.5 Å². The number of ether oxygens (including phenoxy) is 4. The van der Waals surface area contributed by atoms with Crippen molar-refractivity contribution in [1.82, 2.24) is 0 Å². The van der Waals surface area contributed by atoms with Crippen molar-refractivity contribution in [3.8, 4) is 69.3 Å². The molecule has 0 amide bonds. The molecule has 1 aliphatic rings. The van der Waals surface area contributed by atoms with E-state index in [1.165, 1.54) is 22.3 Å². The monoisotopic (exact) mass is 992 g/mol.